The molecule has 0 radical (unpaired) electrons. The van der Waals surface area contributed by atoms with E-state index in [1.165, 1.54) is 0 Å². The molecule has 0 aromatic rings. The molecule has 5 heteroatoms. The molecule has 0 amide bonds. The summed E-state index contributed by atoms with van der Waals surface area (Å²) in [7, 11) is 12.0. The molecule has 0 spiro atoms. The first kappa shape index (κ1) is 11.5. The van der Waals surface area contributed by atoms with Crippen molar-refractivity contribution in [3.63, 3.8) is 0 Å². The van der Waals surface area contributed by atoms with E-state index in [1.54, 1.807) is 0 Å². The van der Waals surface area contributed by atoms with E-state index in [9.17, 15) is 0 Å². The summed E-state index contributed by atoms with van der Waals surface area (Å²) in [5.74, 6) is 0. The average Bonchev–Trinajstić information content (AvgIpc) is 2.37. The van der Waals surface area contributed by atoms with Crippen LogP contribution in [0.25, 0.3) is 0 Å². The maximum absolute atomic E-state index is 4.95. The summed E-state index contributed by atoms with van der Waals surface area (Å²) in [6.45, 7) is 4.32. The summed E-state index contributed by atoms with van der Waals surface area (Å²) in [5, 5.41) is 0. The molecule has 0 fully saturated rings. The molecule has 0 aromatic heterocycles. The van der Waals surface area contributed by atoms with Gasteiger partial charge >= 0.3 is 34.5 Å². The van der Waals surface area contributed by atoms with Gasteiger partial charge in [-0.25, -0.2) is 0 Å². The SMILES string of the molecule is CCN1C=CN(C)C1.[Cl][Zn][Cl]. The molecule has 0 saturated carbocycles. The second-order valence-corrected chi connectivity index (χ2v) is 6.83. The summed E-state index contributed by atoms with van der Waals surface area (Å²) in [6.07, 6.45) is 4.20. The monoisotopic (exact) mass is 246 g/mol. The number of hydrogen-bond acceptors (Lipinski definition) is 2. The molecule has 0 N–H and O–H groups in total. The van der Waals surface area contributed by atoms with Crippen LogP contribution in [0.5, 0.6) is 0 Å². The van der Waals surface area contributed by atoms with E-state index in [1.807, 2.05) is 0 Å². The summed E-state index contributed by atoms with van der Waals surface area (Å²) in [5.41, 5.74) is 0. The van der Waals surface area contributed by atoms with E-state index in [0.29, 0.717) is 0 Å². The molecule has 0 atom stereocenters. The van der Waals surface area contributed by atoms with Crippen LogP contribution >= 0.6 is 19.4 Å². The Morgan fingerprint density at radius 1 is 1.45 bits per heavy atom. The molecule has 0 aromatic carbocycles. The standard InChI is InChI=1S/C6H12N2.2ClH.Zn/c1-3-8-5-4-7(2)6-8;;;/h4-5H,3,6H2,1-2H3;2*1H;/q;;;+2/p-2. The number of nitrogens with zero attached hydrogens (tertiary/aromatic N) is 2. The Bertz CT molecular complexity index is 121. The normalized spacial score (nSPS) is 14.2. The maximum atomic E-state index is 4.95. The number of hydrogen-bond donors (Lipinski definition) is 0. The summed E-state index contributed by atoms with van der Waals surface area (Å²) < 4.78 is 0. The Labute approximate surface area is 83.8 Å². The van der Waals surface area contributed by atoms with E-state index < -0.39 is 15.1 Å². The van der Waals surface area contributed by atoms with Gasteiger partial charge in [0.05, 0.1) is 6.67 Å². The molecule has 0 saturated heterocycles. The summed E-state index contributed by atoms with van der Waals surface area (Å²) in [4.78, 5) is 4.41. The second kappa shape index (κ2) is 7.21. The van der Waals surface area contributed by atoms with Crippen LogP contribution in [0.4, 0.5) is 0 Å². The van der Waals surface area contributed by atoms with Gasteiger partial charge in [-0.2, -0.15) is 0 Å². The molecule has 1 rings (SSSR count). The molecule has 1 aliphatic rings. The van der Waals surface area contributed by atoms with Crippen molar-refractivity contribution < 1.29 is 15.1 Å². The van der Waals surface area contributed by atoms with Crippen molar-refractivity contribution in [2.24, 2.45) is 0 Å². The Balaban J connectivity index is 0.000000292. The fraction of sp³-hybridized carbons (Fsp3) is 0.667. The van der Waals surface area contributed by atoms with Gasteiger partial charge < -0.3 is 9.80 Å². The fourth-order valence-electron chi connectivity index (χ4n) is 0.794. The molecule has 62 valence electrons. The number of rotatable bonds is 1. The minimum absolute atomic E-state index is 0.931. The Kier molecular flexibility index (Phi) is 7.56. The molecule has 0 unspecified atom stereocenters. The van der Waals surface area contributed by atoms with Crippen LogP contribution in [0.3, 0.4) is 0 Å². The van der Waals surface area contributed by atoms with Crippen molar-refractivity contribution in [1.82, 2.24) is 9.80 Å². The van der Waals surface area contributed by atoms with Gasteiger partial charge in [-0.15, -0.1) is 0 Å². The third kappa shape index (κ3) is 5.78. The average molecular weight is 248 g/mol. The van der Waals surface area contributed by atoms with Crippen LogP contribution in [0.2, 0.25) is 0 Å². The molecule has 1 aliphatic heterocycles. The third-order valence-corrected chi connectivity index (χ3v) is 1.34. The van der Waals surface area contributed by atoms with Crippen LogP contribution in [0.15, 0.2) is 12.4 Å². The van der Waals surface area contributed by atoms with Crippen LogP contribution in [0, 0.1) is 0 Å². The van der Waals surface area contributed by atoms with Crippen molar-refractivity contribution in [3.8, 4) is 0 Å². The van der Waals surface area contributed by atoms with Crippen LogP contribution in [-0.4, -0.2) is 30.1 Å². The topological polar surface area (TPSA) is 6.48 Å². The quantitative estimate of drug-likeness (QED) is 0.656. The van der Waals surface area contributed by atoms with Crippen molar-refractivity contribution in [1.29, 1.82) is 0 Å². The summed E-state index contributed by atoms with van der Waals surface area (Å²) >= 11 is -0.931. The van der Waals surface area contributed by atoms with E-state index in [2.05, 4.69) is 36.2 Å². The molecular weight excluding hydrogens is 236 g/mol. The van der Waals surface area contributed by atoms with Gasteiger partial charge in [-0.3, -0.25) is 0 Å². The van der Waals surface area contributed by atoms with Gasteiger partial charge in [0.15, 0.2) is 0 Å². The van der Waals surface area contributed by atoms with Gasteiger partial charge in [-0.05, 0) is 6.92 Å². The van der Waals surface area contributed by atoms with Gasteiger partial charge in [-0.1, -0.05) is 0 Å². The molecule has 2 nitrogen and oxygen atoms in total. The van der Waals surface area contributed by atoms with E-state index in [0.717, 1.165) is 13.2 Å². The van der Waals surface area contributed by atoms with Crippen molar-refractivity contribution in [3.05, 3.63) is 12.4 Å². The molecule has 0 aliphatic carbocycles. The van der Waals surface area contributed by atoms with Crippen molar-refractivity contribution in [2.75, 3.05) is 20.3 Å². The molecule has 0 bridgehead atoms. The van der Waals surface area contributed by atoms with Gasteiger partial charge in [0.25, 0.3) is 0 Å². The zero-order valence-electron chi connectivity index (χ0n) is 6.93. The predicted octanol–water partition coefficient (Wildman–Crippen LogP) is 2.06. The second-order valence-electron chi connectivity index (χ2n) is 2.20. The van der Waals surface area contributed by atoms with E-state index >= 15 is 0 Å². The first-order valence-electron chi connectivity index (χ1n) is 3.49. The fourth-order valence-corrected chi connectivity index (χ4v) is 0.794. The zero-order chi connectivity index (χ0) is 8.69. The molecule has 11 heavy (non-hydrogen) atoms. The van der Waals surface area contributed by atoms with Crippen molar-refractivity contribution in [2.45, 2.75) is 6.92 Å². The zero-order valence-corrected chi connectivity index (χ0v) is 11.4. The van der Waals surface area contributed by atoms with Crippen molar-refractivity contribution >= 4 is 19.4 Å². The van der Waals surface area contributed by atoms with Gasteiger partial charge in [0, 0.05) is 26.0 Å². The number of halogens is 2. The minimum atomic E-state index is -0.931. The van der Waals surface area contributed by atoms with Crippen LogP contribution in [-0.2, 0) is 15.1 Å². The third-order valence-electron chi connectivity index (χ3n) is 1.34. The van der Waals surface area contributed by atoms with Gasteiger partial charge in [0.2, 0.25) is 0 Å². The predicted molar refractivity (Wildman–Crippen MR) is 45.9 cm³/mol. The summed E-state index contributed by atoms with van der Waals surface area (Å²) in [6, 6.07) is 0. The first-order valence-corrected chi connectivity index (χ1v) is 11.3. The van der Waals surface area contributed by atoms with E-state index in [4.69, 9.17) is 19.4 Å². The van der Waals surface area contributed by atoms with Gasteiger partial charge in [0.1, 0.15) is 0 Å². The Morgan fingerprint density at radius 3 is 2.18 bits per heavy atom. The van der Waals surface area contributed by atoms with Crippen LogP contribution in [0.1, 0.15) is 6.92 Å². The Hall–Kier alpha value is 0.543. The Morgan fingerprint density at radius 2 is 2.00 bits per heavy atom. The molecule has 1 heterocycles. The molecular formula is C6H12Cl2N2Zn. The first-order chi connectivity index (χ1) is 5.24. The van der Waals surface area contributed by atoms with E-state index in [-0.39, 0.29) is 0 Å². The van der Waals surface area contributed by atoms with Crippen LogP contribution < -0.4 is 0 Å².